The fourth-order valence-electron chi connectivity index (χ4n) is 2.55. The van der Waals surface area contributed by atoms with E-state index in [1.165, 1.54) is 0 Å². The highest BCUT2D eigenvalue weighted by Crippen LogP contribution is 2.26. The van der Waals surface area contributed by atoms with Gasteiger partial charge in [0.05, 0.1) is 11.4 Å². The molecule has 7 nitrogen and oxygen atoms in total. The summed E-state index contributed by atoms with van der Waals surface area (Å²) in [5.74, 6) is 0.417. The van der Waals surface area contributed by atoms with Crippen molar-refractivity contribution in [3.05, 3.63) is 66.6 Å². The first-order chi connectivity index (χ1) is 12.7. The van der Waals surface area contributed by atoms with E-state index >= 15 is 0 Å². The van der Waals surface area contributed by atoms with Crippen LogP contribution in [0.3, 0.4) is 0 Å². The van der Waals surface area contributed by atoms with Crippen molar-refractivity contribution in [2.45, 2.75) is 0 Å². The van der Waals surface area contributed by atoms with Crippen molar-refractivity contribution in [2.24, 2.45) is 0 Å². The minimum atomic E-state index is -0.584. The number of aromatic nitrogens is 4. The molecule has 1 aromatic carbocycles. The molecule has 0 radical (unpaired) electrons. The van der Waals surface area contributed by atoms with E-state index in [2.05, 4.69) is 25.3 Å². The molecule has 0 bridgehead atoms. The molecule has 4 aromatic rings. The second-order valence-electron chi connectivity index (χ2n) is 5.48. The van der Waals surface area contributed by atoms with Crippen molar-refractivity contribution in [3.63, 3.8) is 0 Å². The molecule has 0 spiro atoms. The van der Waals surface area contributed by atoms with Gasteiger partial charge in [0.2, 0.25) is 0 Å². The average Bonchev–Trinajstić information content (AvgIpc) is 2.68. The van der Waals surface area contributed by atoms with Gasteiger partial charge in [-0.3, -0.25) is 0 Å². The molecular weight excluding hydrogens is 328 g/mol. The molecule has 26 heavy (non-hydrogen) atoms. The highest BCUT2D eigenvalue weighted by molar-refractivity contribution is 5.88. The van der Waals surface area contributed by atoms with Crippen LogP contribution < -0.4 is 10.4 Å². The monoisotopic (exact) mass is 339 g/mol. The van der Waals surface area contributed by atoms with Crippen LogP contribution in [0.1, 0.15) is 5.69 Å². The van der Waals surface area contributed by atoms with E-state index < -0.39 is 6.01 Å². The molecule has 7 heteroatoms. The van der Waals surface area contributed by atoms with Gasteiger partial charge in [-0.05, 0) is 42.0 Å². The van der Waals surface area contributed by atoms with Crippen LogP contribution in [0.25, 0.3) is 22.2 Å². The van der Waals surface area contributed by atoms with Gasteiger partial charge in [-0.1, -0.05) is 12.1 Å². The van der Waals surface area contributed by atoms with Crippen molar-refractivity contribution in [1.82, 2.24) is 19.9 Å². The van der Waals surface area contributed by atoms with Gasteiger partial charge in [-0.25, -0.2) is 19.9 Å². The van der Waals surface area contributed by atoms with Crippen molar-refractivity contribution < 1.29 is 5.11 Å². The maximum Gasteiger partial charge on any atom is 0.163 e. The Morgan fingerprint density at radius 1 is 0.923 bits per heavy atom. The maximum atomic E-state index is 11.7. The lowest BCUT2D eigenvalue weighted by molar-refractivity contribution is -0.281. The number of fused-ring (bicyclic) bond motifs is 1. The number of hydrogen-bond acceptors (Lipinski definition) is 7. The first-order valence-corrected chi connectivity index (χ1v) is 7.76. The summed E-state index contributed by atoms with van der Waals surface area (Å²) in [5, 5.41) is 24.3. The third-order valence-electron chi connectivity index (χ3n) is 3.81. The normalized spacial score (nSPS) is 10.4. The summed E-state index contributed by atoms with van der Waals surface area (Å²) in [6, 6.07) is 16.1. The fraction of sp³-hybridized carbons (Fsp3) is 0. The van der Waals surface area contributed by atoms with E-state index in [-0.39, 0.29) is 0 Å². The molecule has 0 aliphatic carbocycles. The van der Waals surface area contributed by atoms with Gasteiger partial charge in [-0.2, -0.15) is 5.26 Å². The summed E-state index contributed by atoms with van der Waals surface area (Å²) >= 11 is 0. The zero-order valence-corrected chi connectivity index (χ0v) is 13.4. The van der Waals surface area contributed by atoms with Gasteiger partial charge in [0.1, 0.15) is 17.6 Å². The summed E-state index contributed by atoms with van der Waals surface area (Å²) < 4.78 is 0. The molecule has 4 rings (SSSR count). The van der Waals surface area contributed by atoms with Gasteiger partial charge in [-0.15, -0.1) is 0 Å². The second-order valence-corrected chi connectivity index (χ2v) is 5.48. The lowest BCUT2D eigenvalue weighted by Gasteiger charge is -2.12. The van der Waals surface area contributed by atoms with E-state index in [9.17, 15) is 5.11 Å². The molecule has 1 N–H and O–H groups in total. The molecule has 0 amide bonds. The summed E-state index contributed by atoms with van der Waals surface area (Å²) in [5.41, 5.74) is 3.39. The van der Waals surface area contributed by atoms with Crippen LogP contribution >= 0.6 is 0 Å². The van der Waals surface area contributed by atoms with E-state index in [1.807, 2.05) is 36.4 Å². The number of rotatable bonds is 3. The summed E-state index contributed by atoms with van der Waals surface area (Å²) in [7, 11) is 0. The Labute approximate surface area is 148 Å². The van der Waals surface area contributed by atoms with Crippen molar-refractivity contribution in [2.75, 3.05) is 5.32 Å². The predicted octanol–water partition coefficient (Wildman–Crippen LogP) is 2.78. The van der Waals surface area contributed by atoms with Crippen LogP contribution in [0.2, 0.25) is 0 Å². The fourth-order valence-corrected chi connectivity index (χ4v) is 2.55. The summed E-state index contributed by atoms with van der Waals surface area (Å²) in [6.07, 6.45) is 3.24. The first-order valence-electron chi connectivity index (χ1n) is 7.76. The number of nitrogens with one attached hydrogen (secondary N) is 1. The topological polar surface area (TPSA) is 110 Å². The summed E-state index contributed by atoms with van der Waals surface area (Å²) in [6.45, 7) is 0. The Kier molecular flexibility index (Phi) is 3.84. The van der Waals surface area contributed by atoms with Crippen molar-refractivity contribution >= 4 is 22.5 Å². The van der Waals surface area contributed by atoms with Crippen LogP contribution in [-0.2, 0) is 0 Å². The third-order valence-corrected chi connectivity index (χ3v) is 3.81. The number of hydrogen-bond donors (Lipinski definition) is 1. The number of nitriles is 1. The van der Waals surface area contributed by atoms with E-state index in [4.69, 9.17) is 5.26 Å². The predicted molar refractivity (Wildman–Crippen MR) is 94.4 cm³/mol. The molecule has 0 unspecified atom stereocenters. The lowest BCUT2D eigenvalue weighted by atomic mass is 10.1. The molecule has 0 aliphatic heterocycles. The highest BCUT2D eigenvalue weighted by Gasteiger charge is 2.06. The van der Waals surface area contributed by atoms with E-state index in [0.29, 0.717) is 22.5 Å². The molecule has 124 valence electrons. The van der Waals surface area contributed by atoms with E-state index in [1.54, 1.807) is 30.6 Å². The van der Waals surface area contributed by atoms with Crippen LogP contribution in [0.5, 0.6) is 6.01 Å². The second kappa shape index (κ2) is 6.45. The number of pyridine rings is 2. The van der Waals surface area contributed by atoms with Crippen LogP contribution in [-0.4, -0.2) is 19.9 Å². The minimum absolute atomic E-state index is 0.357. The quantitative estimate of drug-likeness (QED) is 0.611. The molecule has 0 aliphatic rings. The zero-order chi connectivity index (χ0) is 17.9. The lowest BCUT2D eigenvalue weighted by Crippen LogP contribution is -2.03. The van der Waals surface area contributed by atoms with Gasteiger partial charge < -0.3 is 10.4 Å². The van der Waals surface area contributed by atoms with Crippen LogP contribution in [0.15, 0.2) is 60.9 Å². The largest absolute Gasteiger partial charge is 0.844 e. The Morgan fingerprint density at radius 2 is 1.73 bits per heavy atom. The first kappa shape index (κ1) is 15.5. The molecule has 3 aromatic heterocycles. The Bertz CT molecular complexity index is 1120. The zero-order valence-electron chi connectivity index (χ0n) is 13.4. The molecule has 0 saturated carbocycles. The molecular formula is C19H11N6O-. The number of nitrogens with zero attached hydrogens (tertiary/aromatic N) is 5. The van der Waals surface area contributed by atoms with Crippen molar-refractivity contribution in [3.8, 4) is 23.2 Å². The highest BCUT2D eigenvalue weighted by atomic mass is 16.3. The van der Waals surface area contributed by atoms with Gasteiger partial charge >= 0.3 is 0 Å². The summed E-state index contributed by atoms with van der Waals surface area (Å²) in [4.78, 5) is 15.9. The van der Waals surface area contributed by atoms with Crippen molar-refractivity contribution in [1.29, 1.82) is 5.26 Å². The average molecular weight is 339 g/mol. The Hall–Kier alpha value is -4.05. The number of benzene rings is 1. The van der Waals surface area contributed by atoms with Crippen LogP contribution in [0, 0.1) is 11.3 Å². The van der Waals surface area contributed by atoms with Crippen LogP contribution in [0.4, 0.5) is 11.5 Å². The van der Waals surface area contributed by atoms with Gasteiger partial charge in [0.15, 0.2) is 5.65 Å². The minimum Gasteiger partial charge on any atom is -0.844 e. The Morgan fingerprint density at radius 3 is 2.46 bits per heavy atom. The van der Waals surface area contributed by atoms with Gasteiger partial charge in [0, 0.05) is 23.6 Å². The standard InChI is InChI=1S/C19H12N6O/c20-10-15-8-5-13(11-22-15)12-3-6-14(7-4-12)23-18-16-2-1-9-21-17(16)24-19(26)25-18/h1-9,11H,(H2,21,23,24,25,26)/p-1. The molecule has 0 fully saturated rings. The molecule has 0 atom stereocenters. The number of anilines is 2. The molecule has 0 saturated heterocycles. The maximum absolute atomic E-state index is 11.7. The SMILES string of the molecule is N#Cc1ccc(-c2ccc(Nc3nc([O-])nc4ncccc34)cc2)cn1. The van der Waals surface area contributed by atoms with E-state index in [0.717, 1.165) is 16.8 Å². The van der Waals surface area contributed by atoms with Gasteiger partial charge in [0.25, 0.3) is 0 Å². The third kappa shape index (κ3) is 2.99. The Balaban J connectivity index is 1.63. The molecule has 3 heterocycles. The smallest absolute Gasteiger partial charge is 0.163 e.